The summed E-state index contributed by atoms with van der Waals surface area (Å²) in [5, 5.41) is 3.02. The lowest BCUT2D eigenvalue weighted by molar-refractivity contribution is -0.144. The van der Waals surface area contributed by atoms with Crippen LogP contribution in [0.1, 0.15) is 13.8 Å². The van der Waals surface area contributed by atoms with Gasteiger partial charge < -0.3 is 14.8 Å². The minimum Gasteiger partial charge on any atom is -0.468 e. The lowest BCUT2D eigenvalue weighted by atomic mass is 10.2. The number of ether oxygens (including phenoxy) is 2. The van der Waals surface area contributed by atoms with Gasteiger partial charge in [0.05, 0.1) is 13.7 Å². The Labute approximate surface area is 85.0 Å². The molecule has 0 aliphatic heterocycles. The standard InChI is InChI=1S/C10H17NO3/c1-5-6-14-7-9(10(12)13-4)11-8(2)3/h1,8-9,11H,6-7H2,2-4H3. The Kier molecular flexibility index (Phi) is 6.81. The van der Waals surface area contributed by atoms with Crippen molar-refractivity contribution in [3.05, 3.63) is 0 Å². The zero-order valence-corrected chi connectivity index (χ0v) is 8.87. The molecule has 0 spiro atoms. The lowest BCUT2D eigenvalue weighted by Gasteiger charge is -2.18. The fourth-order valence-electron chi connectivity index (χ4n) is 0.965. The smallest absolute Gasteiger partial charge is 0.325 e. The number of terminal acetylenes is 1. The highest BCUT2D eigenvalue weighted by molar-refractivity contribution is 5.75. The summed E-state index contributed by atoms with van der Waals surface area (Å²) in [4.78, 5) is 11.2. The van der Waals surface area contributed by atoms with Crippen molar-refractivity contribution >= 4 is 5.97 Å². The molecule has 0 aromatic heterocycles. The van der Waals surface area contributed by atoms with Crippen LogP contribution in [0.25, 0.3) is 0 Å². The number of hydrogen-bond donors (Lipinski definition) is 1. The molecule has 0 rings (SSSR count). The number of esters is 1. The van der Waals surface area contributed by atoms with E-state index in [0.717, 1.165) is 0 Å². The zero-order chi connectivity index (χ0) is 11.0. The highest BCUT2D eigenvalue weighted by Gasteiger charge is 2.19. The number of methoxy groups -OCH3 is 1. The molecule has 0 aliphatic carbocycles. The average molecular weight is 199 g/mol. The van der Waals surface area contributed by atoms with Crippen molar-refractivity contribution in [2.24, 2.45) is 0 Å². The normalized spacial score (nSPS) is 12.2. The van der Waals surface area contributed by atoms with Gasteiger partial charge in [-0.25, -0.2) is 0 Å². The summed E-state index contributed by atoms with van der Waals surface area (Å²) in [5.74, 6) is 1.99. The van der Waals surface area contributed by atoms with Crippen LogP contribution in [0.2, 0.25) is 0 Å². The van der Waals surface area contributed by atoms with Gasteiger partial charge in [-0.3, -0.25) is 4.79 Å². The minimum atomic E-state index is -0.451. The van der Waals surface area contributed by atoms with Gasteiger partial charge in [0.15, 0.2) is 0 Å². The summed E-state index contributed by atoms with van der Waals surface area (Å²) >= 11 is 0. The number of carbonyl (C=O) groups excluding carboxylic acids is 1. The Bertz CT molecular complexity index is 208. The van der Waals surface area contributed by atoms with Gasteiger partial charge in [-0.2, -0.15) is 0 Å². The van der Waals surface area contributed by atoms with E-state index in [9.17, 15) is 4.79 Å². The van der Waals surface area contributed by atoms with E-state index in [0.29, 0.717) is 0 Å². The predicted molar refractivity (Wildman–Crippen MR) is 53.7 cm³/mol. The Morgan fingerprint density at radius 3 is 2.64 bits per heavy atom. The molecule has 1 atom stereocenters. The van der Waals surface area contributed by atoms with Crippen LogP contribution in [0.15, 0.2) is 0 Å². The summed E-state index contributed by atoms with van der Waals surface area (Å²) < 4.78 is 9.68. The number of hydrogen-bond acceptors (Lipinski definition) is 4. The fraction of sp³-hybridized carbons (Fsp3) is 0.700. The Balaban J connectivity index is 3.98. The molecule has 0 fully saturated rings. The second-order valence-corrected chi connectivity index (χ2v) is 3.12. The first kappa shape index (κ1) is 12.9. The fourth-order valence-corrected chi connectivity index (χ4v) is 0.965. The molecule has 0 aliphatic rings. The van der Waals surface area contributed by atoms with E-state index in [1.165, 1.54) is 7.11 Å². The molecule has 14 heavy (non-hydrogen) atoms. The van der Waals surface area contributed by atoms with Crippen molar-refractivity contribution in [3.63, 3.8) is 0 Å². The van der Waals surface area contributed by atoms with Crippen LogP contribution < -0.4 is 5.32 Å². The molecule has 0 saturated heterocycles. The number of nitrogens with one attached hydrogen (secondary N) is 1. The maximum absolute atomic E-state index is 11.2. The molecule has 0 aromatic carbocycles. The molecular weight excluding hydrogens is 182 g/mol. The Hall–Kier alpha value is -1.05. The molecule has 0 bridgehead atoms. The summed E-state index contributed by atoms with van der Waals surface area (Å²) in [5.41, 5.74) is 0. The van der Waals surface area contributed by atoms with Gasteiger partial charge in [0.2, 0.25) is 0 Å². The van der Waals surface area contributed by atoms with Gasteiger partial charge in [0, 0.05) is 6.04 Å². The van der Waals surface area contributed by atoms with E-state index >= 15 is 0 Å². The topological polar surface area (TPSA) is 47.6 Å². The third-order valence-corrected chi connectivity index (χ3v) is 1.49. The predicted octanol–water partition coefficient (Wildman–Crippen LogP) is 0.176. The highest BCUT2D eigenvalue weighted by atomic mass is 16.5. The van der Waals surface area contributed by atoms with Gasteiger partial charge in [0.25, 0.3) is 0 Å². The van der Waals surface area contributed by atoms with Crippen molar-refractivity contribution in [2.45, 2.75) is 25.9 Å². The summed E-state index contributed by atoms with van der Waals surface area (Å²) in [6.45, 7) is 4.32. The van der Waals surface area contributed by atoms with Crippen LogP contribution in [-0.2, 0) is 14.3 Å². The molecule has 1 N–H and O–H groups in total. The summed E-state index contributed by atoms with van der Waals surface area (Å²) in [6, 6.07) is -0.262. The molecule has 4 heteroatoms. The number of rotatable bonds is 6. The first-order valence-corrected chi connectivity index (χ1v) is 4.47. The highest BCUT2D eigenvalue weighted by Crippen LogP contribution is 1.92. The van der Waals surface area contributed by atoms with E-state index in [1.54, 1.807) is 0 Å². The number of carbonyl (C=O) groups is 1. The molecule has 4 nitrogen and oxygen atoms in total. The second kappa shape index (κ2) is 7.36. The molecule has 0 radical (unpaired) electrons. The van der Waals surface area contributed by atoms with Crippen LogP contribution >= 0.6 is 0 Å². The third-order valence-electron chi connectivity index (χ3n) is 1.49. The third kappa shape index (κ3) is 5.57. The Morgan fingerprint density at radius 2 is 2.21 bits per heavy atom. The van der Waals surface area contributed by atoms with E-state index < -0.39 is 6.04 Å². The molecule has 0 aromatic rings. The van der Waals surface area contributed by atoms with Gasteiger partial charge in [0.1, 0.15) is 12.6 Å². The van der Waals surface area contributed by atoms with Crippen molar-refractivity contribution < 1.29 is 14.3 Å². The maximum Gasteiger partial charge on any atom is 0.325 e. The first-order valence-electron chi connectivity index (χ1n) is 4.47. The second-order valence-electron chi connectivity index (χ2n) is 3.12. The Morgan fingerprint density at radius 1 is 1.57 bits per heavy atom. The van der Waals surface area contributed by atoms with E-state index in [2.05, 4.69) is 16.0 Å². The lowest BCUT2D eigenvalue weighted by Crippen LogP contribution is -2.44. The molecule has 0 heterocycles. The molecule has 1 unspecified atom stereocenters. The van der Waals surface area contributed by atoms with Crippen LogP contribution in [0.5, 0.6) is 0 Å². The quantitative estimate of drug-likeness (QED) is 0.376. The van der Waals surface area contributed by atoms with Crippen molar-refractivity contribution in [2.75, 3.05) is 20.3 Å². The summed E-state index contributed by atoms with van der Waals surface area (Å²) in [6.07, 6.45) is 5.01. The van der Waals surface area contributed by atoms with E-state index in [1.807, 2.05) is 13.8 Å². The zero-order valence-electron chi connectivity index (χ0n) is 8.87. The van der Waals surface area contributed by atoms with Gasteiger partial charge in [-0.1, -0.05) is 19.8 Å². The van der Waals surface area contributed by atoms with Gasteiger partial charge in [-0.15, -0.1) is 6.42 Å². The molecule has 0 amide bonds. The molecule has 0 saturated carbocycles. The molecular formula is C10H17NO3. The SMILES string of the molecule is C#CCOCC(NC(C)C)C(=O)OC. The maximum atomic E-state index is 11.2. The van der Waals surface area contributed by atoms with Crippen LogP contribution in [0.4, 0.5) is 0 Å². The van der Waals surface area contributed by atoms with Gasteiger partial charge >= 0.3 is 5.97 Å². The largest absolute Gasteiger partial charge is 0.468 e. The van der Waals surface area contributed by atoms with E-state index in [4.69, 9.17) is 11.2 Å². The van der Waals surface area contributed by atoms with Gasteiger partial charge in [-0.05, 0) is 0 Å². The van der Waals surface area contributed by atoms with E-state index in [-0.39, 0.29) is 25.2 Å². The van der Waals surface area contributed by atoms with Crippen LogP contribution in [-0.4, -0.2) is 38.4 Å². The van der Waals surface area contributed by atoms with Crippen molar-refractivity contribution in [1.29, 1.82) is 0 Å². The average Bonchev–Trinajstić information content (AvgIpc) is 2.15. The van der Waals surface area contributed by atoms with Crippen molar-refractivity contribution in [1.82, 2.24) is 5.32 Å². The first-order chi connectivity index (χ1) is 6.61. The van der Waals surface area contributed by atoms with Crippen molar-refractivity contribution in [3.8, 4) is 12.3 Å². The monoisotopic (exact) mass is 199 g/mol. The molecule has 80 valence electrons. The van der Waals surface area contributed by atoms with Crippen LogP contribution in [0.3, 0.4) is 0 Å². The van der Waals surface area contributed by atoms with Crippen LogP contribution in [0, 0.1) is 12.3 Å². The minimum absolute atomic E-state index is 0.188. The summed E-state index contributed by atoms with van der Waals surface area (Å²) in [7, 11) is 1.35.